The molecule has 5 nitrogen and oxygen atoms in total. The number of benzene rings is 1. The van der Waals surface area contributed by atoms with E-state index in [4.69, 9.17) is 10.5 Å². The molecule has 0 aliphatic rings. The molecule has 1 aromatic carbocycles. The average molecular weight is 294 g/mol. The van der Waals surface area contributed by atoms with Crippen LogP contribution in [0.2, 0.25) is 0 Å². The van der Waals surface area contributed by atoms with Gasteiger partial charge in [-0.15, -0.1) is 0 Å². The number of likely N-dealkylation sites (N-methyl/N-ethyl adjacent to an activating group) is 1. The molecule has 0 saturated carbocycles. The number of methoxy groups -OCH3 is 1. The standard InChI is InChI=1S/C16H26N2O3/c1-4-18(5-2)10-11-21-15-9-7-6-8-13(15)12-14(17)16(19)20-3/h6-9,14H,4-5,10-12,17H2,1-3H3. The molecule has 0 bridgehead atoms. The van der Waals surface area contributed by atoms with Gasteiger partial charge < -0.3 is 20.1 Å². The highest BCUT2D eigenvalue weighted by Gasteiger charge is 2.16. The van der Waals surface area contributed by atoms with E-state index in [0.29, 0.717) is 13.0 Å². The lowest BCUT2D eigenvalue weighted by molar-refractivity contribution is -0.142. The monoisotopic (exact) mass is 294 g/mol. The van der Waals surface area contributed by atoms with Crippen LogP contribution >= 0.6 is 0 Å². The third kappa shape index (κ3) is 5.73. The van der Waals surface area contributed by atoms with Crippen molar-refractivity contribution in [1.29, 1.82) is 0 Å². The Morgan fingerprint density at radius 1 is 1.29 bits per heavy atom. The van der Waals surface area contributed by atoms with Crippen LogP contribution in [-0.4, -0.2) is 50.3 Å². The van der Waals surface area contributed by atoms with Gasteiger partial charge in [0.15, 0.2) is 0 Å². The van der Waals surface area contributed by atoms with Gasteiger partial charge in [0.1, 0.15) is 18.4 Å². The average Bonchev–Trinajstić information content (AvgIpc) is 2.52. The molecule has 0 aliphatic heterocycles. The molecule has 1 unspecified atom stereocenters. The molecular weight excluding hydrogens is 268 g/mol. The number of ether oxygens (including phenoxy) is 2. The third-order valence-corrected chi connectivity index (χ3v) is 3.48. The minimum atomic E-state index is -0.664. The van der Waals surface area contributed by atoms with E-state index in [2.05, 4.69) is 23.5 Å². The summed E-state index contributed by atoms with van der Waals surface area (Å²) in [6, 6.07) is 7.00. The molecule has 21 heavy (non-hydrogen) atoms. The first-order valence-electron chi connectivity index (χ1n) is 7.38. The van der Waals surface area contributed by atoms with Crippen molar-refractivity contribution in [3.8, 4) is 5.75 Å². The predicted octanol–water partition coefficient (Wildman–Crippen LogP) is 1.45. The van der Waals surface area contributed by atoms with Crippen LogP contribution in [0.1, 0.15) is 19.4 Å². The third-order valence-electron chi connectivity index (χ3n) is 3.48. The van der Waals surface area contributed by atoms with E-state index in [9.17, 15) is 4.79 Å². The van der Waals surface area contributed by atoms with Gasteiger partial charge in [-0.2, -0.15) is 0 Å². The van der Waals surface area contributed by atoms with Crippen LogP contribution in [0.25, 0.3) is 0 Å². The zero-order valence-corrected chi connectivity index (χ0v) is 13.2. The molecule has 0 spiro atoms. The van der Waals surface area contributed by atoms with Crippen molar-refractivity contribution >= 4 is 5.97 Å². The van der Waals surface area contributed by atoms with Crippen molar-refractivity contribution in [1.82, 2.24) is 4.90 Å². The van der Waals surface area contributed by atoms with E-state index in [1.54, 1.807) is 0 Å². The number of nitrogens with zero attached hydrogens (tertiary/aromatic N) is 1. The maximum atomic E-state index is 11.4. The lowest BCUT2D eigenvalue weighted by Crippen LogP contribution is -2.33. The van der Waals surface area contributed by atoms with Gasteiger partial charge in [0.05, 0.1) is 7.11 Å². The summed E-state index contributed by atoms with van der Waals surface area (Å²) in [6.07, 6.45) is 0.411. The second-order valence-electron chi connectivity index (χ2n) is 4.82. The number of hydrogen-bond acceptors (Lipinski definition) is 5. The van der Waals surface area contributed by atoms with E-state index >= 15 is 0 Å². The van der Waals surface area contributed by atoms with Gasteiger partial charge in [-0.1, -0.05) is 32.0 Å². The number of para-hydroxylation sites is 1. The highest BCUT2D eigenvalue weighted by atomic mass is 16.5. The minimum Gasteiger partial charge on any atom is -0.492 e. The van der Waals surface area contributed by atoms with E-state index in [1.807, 2.05) is 24.3 Å². The minimum absolute atomic E-state index is 0.409. The molecule has 1 atom stereocenters. The molecule has 0 radical (unpaired) electrons. The van der Waals surface area contributed by atoms with Crippen LogP contribution in [-0.2, 0) is 16.0 Å². The topological polar surface area (TPSA) is 64.8 Å². The number of esters is 1. The SMILES string of the molecule is CCN(CC)CCOc1ccccc1CC(N)C(=O)OC. The Bertz CT molecular complexity index is 433. The normalized spacial score (nSPS) is 12.2. The van der Waals surface area contributed by atoms with Gasteiger partial charge in [-0.25, -0.2) is 0 Å². The van der Waals surface area contributed by atoms with Gasteiger partial charge in [0.2, 0.25) is 0 Å². The van der Waals surface area contributed by atoms with Crippen LogP contribution in [0.3, 0.4) is 0 Å². The first-order valence-corrected chi connectivity index (χ1v) is 7.38. The molecule has 0 aromatic heterocycles. The summed E-state index contributed by atoms with van der Waals surface area (Å²) in [5, 5.41) is 0. The lowest BCUT2D eigenvalue weighted by Gasteiger charge is -2.19. The highest BCUT2D eigenvalue weighted by molar-refractivity contribution is 5.75. The molecule has 0 amide bonds. The Kier molecular flexibility index (Phi) is 7.79. The molecule has 0 saturated heterocycles. The van der Waals surface area contributed by atoms with E-state index < -0.39 is 12.0 Å². The smallest absolute Gasteiger partial charge is 0.322 e. The molecular formula is C16H26N2O3. The van der Waals surface area contributed by atoms with Crippen LogP contribution in [0.5, 0.6) is 5.75 Å². The Labute approximate surface area is 127 Å². The zero-order chi connectivity index (χ0) is 15.7. The predicted molar refractivity (Wildman–Crippen MR) is 83.4 cm³/mol. The van der Waals surface area contributed by atoms with Crippen molar-refractivity contribution in [2.24, 2.45) is 5.73 Å². The fourth-order valence-electron chi connectivity index (χ4n) is 2.11. The van der Waals surface area contributed by atoms with Crippen LogP contribution < -0.4 is 10.5 Å². The van der Waals surface area contributed by atoms with Gasteiger partial charge in [-0.05, 0) is 24.7 Å². The summed E-state index contributed by atoms with van der Waals surface area (Å²) in [6.45, 7) is 7.78. The molecule has 2 N–H and O–H groups in total. The number of carbonyl (C=O) groups excluding carboxylic acids is 1. The summed E-state index contributed by atoms with van der Waals surface area (Å²) < 4.78 is 10.5. The van der Waals surface area contributed by atoms with Gasteiger partial charge in [-0.3, -0.25) is 4.79 Å². The quantitative estimate of drug-likeness (QED) is 0.698. The molecule has 1 aromatic rings. The number of rotatable bonds is 9. The fourth-order valence-corrected chi connectivity index (χ4v) is 2.11. The molecule has 0 heterocycles. The van der Waals surface area contributed by atoms with Gasteiger partial charge in [0.25, 0.3) is 0 Å². The fraction of sp³-hybridized carbons (Fsp3) is 0.562. The Morgan fingerprint density at radius 3 is 2.57 bits per heavy atom. The number of nitrogens with two attached hydrogens (primary N) is 1. The second-order valence-corrected chi connectivity index (χ2v) is 4.82. The van der Waals surface area contributed by atoms with E-state index in [-0.39, 0.29) is 0 Å². The van der Waals surface area contributed by atoms with Crippen LogP contribution in [0, 0.1) is 0 Å². The summed E-state index contributed by atoms with van der Waals surface area (Å²) in [5.41, 5.74) is 6.74. The van der Waals surface area contributed by atoms with Gasteiger partial charge in [0, 0.05) is 13.0 Å². The van der Waals surface area contributed by atoms with Crippen molar-refractivity contribution in [2.45, 2.75) is 26.3 Å². The zero-order valence-electron chi connectivity index (χ0n) is 13.2. The Hall–Kier alpha value is -1.59. The summed E-state index contributed by atoms with van der Waals surface area (Å²) in [5.74, 6) is 0.372. The van der Waals surface area contributed by atoms with Gasteiger partial charge >= 0.3 is 5.97 Å². The van der Waals surface area contributed by atoms with E-state index in [1.165, 1.54) is 7.11 Å². The molecule has 0 fully saturated rings. The van der Waals surface area contributed by atoms with Crippen LogP contribution in [0.15, 0.2) is 24.3 Å². The molecule has 0 aliphatic carbocycles. The maximum absolute atomic E-state index is 11.4. The second kappa shape index (κ2) is 9.37. The number of hydrogen-bond donors (Lipinski definition) is 1. The lowest BCUT2D eigenvalue weighted by atomic mass is 10.1. The van der Waals surface area contributed by atoms with Crippen molar-refractivity contribution in [3.63, 3.8) is 0 Å². The van der Waals surface area contributed by atoms with Crippen molar-refractivity contribution in [2.75, 3.05) is 33.4 Å². The molecule has 1 rings (SSSR count). The first kappa shape index (κ1) is 17.5. The highest BCUT2D eigenvalue weighted by Crippen LogP contribution is 2.19. The first-order chi connectivity index (χ1) is 10.1. The maximum Gasteiger partial charge on any atom is 0.322 e. The number of carbonyl (C=O) groups is 1. The molecule has 118 valence electrons. The van der Waals surface area contributed by atoms with E-state index in [0.717, 1.165) is 30.9 Å². The summed E-state index contributed by atoms with van der Waals surface area (Å²) in [4.78, 5) is 13.7. The largest absolute Gasteiger partial charge is 0.492 e. The Morgan fingerprint density at radius 2 is 1.95 bits per heavy atom. The Balaban J connectivity index is 2.60. The van der Waals surface area contributed by atoms with Crippen LogP contribution in [0.4, 0.5) is 0 Å². The molecule has 5 heteroatoms. The summed E-state index contributed by atoms with van der Waals surface area (Å²) in [7, 11) is 1.34. The summed E-state index contributed by atoms with van der Waals surface area (Å²) >= 11 is 0. The van der Waals surface area contributed by atoms with Crippen molar-refractivity contribution < 1.29 is 14.3 Å². The van der Waals surface area contributed by atoms with Crippen molar-refractivity contribution in [3.05, 3.63) is 29.8 Å².